The highest BCUT2D eigenvalue weighted by molar-refractivity contribution is 7.13. The molecule has 0 aliphatic heterocycles. The molecular formula is C11H9N3S. The van der Waals surface area contributed by atoms with E-state index in [0.29, 0.717) is 0 Å². The number of thiophene rings is 1. The molecule has 3 aromatic heterocycles. The zero-order chi connectivity index (χ0) is 10.3. The van der Waals surface area contributed by atoms with Crippen molar-refractivity contribution in [3.63, 3.8) is 0 Å². The van der Waals surface area contributed by atoms with E-state index < -0.39 is 0 Å². The highest BCUT2D eigenvalue weighted by Gasteiger charge is 2.06. The van der Waals surface area contributed by atoms with Crippen molar-refractivity contribution in [2.24, 2.45) is 0 Å². The second-order valence-corrected chi connectivity index (χ2v) is 4.33. The molecular weight excluding hydrogens is 206 g/mol. The topological polar surface area (TPSA) is 41.6 Å². The molecule has 3 rings (SSSR count). The van der Waals surface area contributed by atoms with Gasteiger partial charge in [0.25, 0.3) is 0 Å². The summed E-state index contributed by atoms with van der Waals surface area (Å²) in [5.41, 5.74) is 2.77. The van der Waals surface area contributed by atoms with E-state index in [2.05, 4.69) is 21.0 Å². The van der Waals surface area contributed by atoms with Gasteiger partial charge in [-0.05, 0) is 30.5 Å². The van der Waals surface area contributed by atoms with Gasteiger partial charge in [0.15, 0.2) is 5.65 Å². The summed E-state index contributed by atoms with van der Waals surface area (Å²) in [7, 11) is 0. The number of H-pyrrole nitrogens is 1. The molecule has 74 valence electrons. The smallest absolute Gasteiger partial charge is 0.178 e. The Morgan fingerprint density at radius 3 is 2.93 bits per heavy atom. The Bertz CT molecular complexity index is 595. The van der Waals surface area contributed by atoms with Gasteiger partial charge in [-0.25, -0.2) is 9.97 Å². The van der Waals surface area contributed by atoms with Crippen LogP contribution in [0.3, 0.4) is 0 Å². The van der Waals surface area contributed by atoms with E-state index in [1.165, 1.54) is 0 Å². The van der Waals surface area contributed by atoms with E-state index in [-0.39, 0.29) is 0 Å². The largest absolute Gasteiger partial charge is 0.336 e. The lowest BCUT2D eigenvalue weighted by molar-refractivity contribution is 1.22. The van der Waals surface area contributed by atoms with Crippen molar-refractivity contribution >= 4 is 22.5 Å². The fourth-order valence-electron chi connectivity index (χ4n) is 1.52. The Morgan fingerprint density at radius 2 is 2.13 bits per heavy atom. The van der Waals surface area contributed by atoms with Gasteiger partial charge >= 0.3 is 0 Å². The summed E-state index contributed by atoms with van der Waals surface area (Å²) in [4.78, 5) is 13.2. The normalized spacial score (nSPS) is 11.0. The van der Waals surface area contributed by atoms with Crippen LogP contribution in [0, 0.1) is 6.92 Å². The zero-order valence-corrected chi connectivity index (χ0v) is 9.01. The van der Waals surface area contributed by atoms with Gasteiger partial charge in [-0.15, -0.1) is 11.3 Å². The Kier molecular flexibility index (Phi) is 1.82. The van der Waals surface area contributed by atoms with E-state index in [1.54, 1.807) is 11.3 Å². The highest BCUT2D eigenvalue weighted by Crippen LogP contribution is 2.23. The number of hydrogen-bond donors (Lipinski definition) is 1. The van der Waals surface area contributed by atoms with Gasteiger partial charge in [-0.2, -0.15) is 0 Å². The SMILES string of the molecule is Cc1ccc2[nH]c(-c3cccs3)nc2n1. The van der Waals surface area contributed by atoms with Gasteiger partial charge in [0, 0.05) is 5.69 Å². The standard InChI is InChI=1S/C11H9N3S/c1-7-4-5-8-10(12-7)14-11(13-8)9-3-2-6-15-9/h2-6H,1H3,(H,12,13,14). The molecule has 0 aliphatic carbocycles. The summed E-state index contributed by atoms with van der Waals surface area (Å²) >= 11 is 1.67. The minimum atomic E-state index is 0.790. The third-order valence-electron chi connectivity index (χ3n) is 2.24. The number of rotatable bonds is 1. The minimum Gasteiger partial charge on any atom is -0.336 e. The Balaban J connectivity index is 2.22. The molecule has 1 N–H and O–H groups in total. The molecule has 0 saturated carbocycles. The molecule has 0 unspecified atom stereocenters. The number of hydrogen-bond acceptors (Lipinski definition) is 3. The maximum absolute atomic E-state index is 4.46. The fourth-order valence-corrected chi connectivity index (χ4v) is 2.19. The molecule has 0 aliphatic rings. The van der Waals surface area contributed by atoms with Gasteiger partial charge < -0.3 is 4.98 Å². The molecule has 15 heavy (non-hydrogen) atoms. The second kappa shape index (κ2) is 3.17. The highest BCUT2D eigenvalue weighted by atomic mass is 32.1. The first-order valence-electron chi connectivity index (χ1n) is 4.70. The van der Waals surface area contributed by atoms with Crippen LogP contribution in [0.2, 0.25) is 0 Å². The Labute approximate surface area is 90.8 Å². The van der Waals surface area contributed by atoms with Gasteiger partial charge in [0.1, 0.15) is 5.82 Å². The van der Waals surface area contributed by atoms with Crippen LogP contribution in [0.1, 0.15) is 5.69 Å². The maximum Gasteiger partial charge on any atom is 0.178 e. The summed E-state index contributed by atoms with van der Waals surface area (Å²) in [5.74, 6) is 0.901. The molecule has 0 radical (unpaired) electrons. The number of aromatic amines is 1. The van der Waals surface area contributed by atoms with Crippen molar-refractivity contribution in [3.05, 3.63) is 35.3 Å². The van der Waals surface area contributed by atoms with E-state index in [4.69, 9.17) is 0 Å². The van der Waals surface area contributed by atoms with Crippen molar-refractivity contribution in [2.45, 2.75) is 6.92 Å². The number of pyridine rings is 1. The van der Waals surface area contributed by atoms with Crippen molar-refractivity contribution in [1.82, 2.24) is 15.0 Å². The first-order valence-corrected chi connectivity index (χ1v) is 5.58. The lowest BCUT2D eigenvalue weighted by atomic mass is 10.4. The second-order valence-electron chi connectivity index (χ2n) is 3.39. The van der Waals surface area contributed by atoms with Crippen molar-refractivity contribution in [1.29, 1.82) is 0 Å². The predicted molar refractivity (Wildman–Crippen MR) is 61.9 cm³/mol. The molecule has 3 heterocycles. The van der Waals surface area contributed by atoms with Crippen molar-refractivity contribution in [3.8, 4) is 10.7 Å². The summed E-state index contributed by atoms with van der Waals surface area (Å²) < 4.78 is 0. The van der Waals surface area contributed by atoms with Gasteiger partial charge in [-0.1, -0.05) is 6.07 Å². The van der Waals surface area contributed by atoms with Crippen molar-refractivity contribution in [2.75, 3.05) is 0 Å². The maximum atomic E-state index is 4.46. The van der Waals surface area contributed by atoms with E-state index in [1.807, 2.05) is 30.5 Å². The number of imidazole rings is 1. The zero-order valence-electron chi connectivity index (χ0n) is 8.19. The van der Waals surface area contributed by atoms with E-state index in [9.17, 15) is 0 Å². The molecule has 0 spiro atoms. The monoisotopic (exact) mass is 215 g/mol. The van der Waals surface area contributed by atoms with Crippen molar-refractivity contribution < 1.29 is 0 Å². The van der Waals surface area contributed by atoms with Crippen LogP contribution < -0.4 is 0 Å². The number of fused-ring (bicyclic) bond motifs is 1. The molecule has 3 aromatic rings. The molecule has 0 saturated heterocycles. The third kappa shape index (κ3) is 1.43. The summed E-state index contributed by atoms with van der Waals surface area (Å²) in [5, 5.41) is 2.04. The van der Waals surface area contributed by atoms with Crippen LogP contribution in [0.5, 0.6) is 0 Å². The minimum absolute atomic E-state index is 0.790. The lowest BCUT2D eigenvalue weighted by Crippen LogP contribution is -1.80. The van der Waals surface area contributed by atoms with Crippen LogP contribution in [-0.2, 0) is 0 Å². The van der Waals surface area contributed by atoms with Gasteiger partial charge in [-0.3, -0.25) is 0 Å². The first kappa shape index (κ1) is 8.61. The number of nitrogens with zero attached hydrogens (tertiary/aromatic N) is 2. The molecule has 3 nitrogen and oxygen atoms in total. The average molecular weight is 215 g/mol. The van der Waals surface area contributed by atoms with Crippen LogP contribution in [0.4, 0.5) is 0 Å². The Morgan fingerprint density at radius 1 is 1.20 bits per heavy atom. The number of aromatic nitrogens is 3. The molecule has 0 amide bonds. The average Bonchev–Trinajstić information content (AvgIpc) is 2.84. The van der Waals surface area contributed by atoms with Crippen LogP contribution in [0.25, 0.3) is 21.9 Å². The number of nitrogens with one attached hydrogen (secondary N) is 1. The lowest BCUT2D eigenvalue weighted by Gasteiger charge is -1.88. The van der Waals surface area contributed by atoms with E-state index in [0.717, 1.165) is 27.6 Å². The molecule has 0 fully saturated rings. The third-order valence-corrected chi connectivity index (χ3v) is 3.12. The molecule has 0 bridgehead atoms. The molecule has 0 atom stereocenters. The number of aryl methyl sites for hydroxylation is 1. The molecule has 4 heteroatoms. The van der Waals surface area contributed by atoms with Crippen LogP contribution >= 0.6 is 11.3 Å². The molecule has 0 aromatic carbocycles. The van der Waals surface area contributed by atoms with E-state index >= 15 is 0 Å². The summed E-state index contributed by atoms with van der Waals surface area (Å²) in [6.45, 7) is 1.97. The summed E-state index contributed by atoms with van der Waals surface area (Å²) in [6, 6.07) is 8.07. The summed E-state index contributed by atoms with van der Waals surface area (Å²) in [6.07, 6.45) is 0. The quantitative estimate of drug-likeness (QED) is 0.678. The van der Waals surface area contributed by atoms with Crippen LogP contribution in [-0.4, -0.2) is 15.0 Å². The van der Waals surface area contributed by atoms with Crippen LogP contribution in [0.15, 0.2) is 29.6 Å². The fraction of sp³-hybridized carbons (Fsp3) is 0.0909. The Hall–Kier alpha value is -1.68. The van der Waals surface area contributed by atoms with Gasteiger partial charge in [0.2, 0.25) is 0 Å². The van der Waals surface area contributed by atoms with Gasteiger partial charge in [0.05, 0.1) is 10.4 Å². The first-order chi connectivity index (χ1) is 7.33. The predicted octanol–water partition coefficient (Wildman–Crippen LogP) is 2.99.